The van der Waals surface area contributed by atoms with Crippen molar-refractivity contribution in [2.45, 2.75) is 0 Å². The lowest BCUT2D eigenvalue weighted by Crippen LogP contribution is -1.99. The first-order chi connectivity index (χ1) is 17.7. The van der Waals surface area contributed by atoms with Gasteiger partial charge in [-0.25, -0.2) is 30.2 Å². The Morgan fingerprint density at radius 3 is 1.47 bits per heavy atom. The molecule has 7 rings (SSSR count). The molecule has 3 heterocycles. The van der Waals surface area contributed by atoms with E-state index in [9.17, 15) is 10.5 Å². The molecule has 0 saturated carbocycles. The van der Waals surface area contributed by atoms with Crippen LogP contribution in [0.4, 0.5) is 0 Å². The summed E-state index contributed by atoms with van der Waals surface area (Å²) >= 11 is 0. The van der Waals surface area contributed by atoms with Gasteiger partial charge in [-0.2, -0.15) is 0 Å². The maximum Gasteiger partial charge on any atom is 0.274 e. The Bertz CT molecular complexity index is 1910. The van der Waals surface area contributed by atoms with E-state index in [1.165, 1.54) is 0 Å². The Morgan fingerprint density at radius 2 is 1.08 bits per heavy atom. The Balaban J connectivity index is 1.67. The maximum atomic E-state index is 9.75. The lowest BCUT2D eigenvalue weighted by molar-refractivity contribution is 0.603. The van der Waals surface area contributed by atoms with Crippen molar-refractivity contribution >= 4 is 33.1 Å². The van der Waals surface area contributed by atoms with Crippen molar-refractivity contribution in [3.63, 3.8) is 0 Å². The van der Waals surface area contributed by atoms with Gasteiger partial charge in [0.2, 0.25) is 0 Å². The zero-order valence-corrected chi connectivity index (χ0v) is 18.1. The number of para-hydroxylation sites is 2. The zero-order valence-electron chi connectivity index (χ0n) is 18.1. The van der Waals surface area contributed by atoms with Crippen molar-refractivity contribution < 1.29 is 8.83 Å². The quantitative estimate of drug-likeness (QED) is 0.193. The minimum absolute atomic E-state index is 0.159. The van der Waals surface area contributed by atoms with Gasteiger partial charge < -0.3 is 8.83 Å². The van der Waals surface area contributed by atoms with Gasteiger partial charge in [0, 0.05) is 10.8 Å². The van der Waals surface area contributed by atoms with Crippen molar-refractivity contribution in [1.82, 2.24) is 9.97 Å². The van der Waals surface area contributed by atoms with E-state index in [0.717, 1.165) is 10.8 Å². The van der Waals surface area contributed by atoms with Crippen molar-refractivity contribution in [3.05, 3.63) is 106 Å². The molecular formula is C28H8N6O2. The average molecular weight is 460 g/mol. The number of benzene rings is 2. The van der Waals surface area contributed by atoms with Crippen molar-refractivity contribution in [2.24, 2.45) is 0 Å². The molecule has 0 bridgehead atoms. The first-order valence-electron chi connectivity index (χ1n) is 10.7. The van der Waals surface area contributed by atoms with Gasteiger partial charge in [-0.1, -0.05) is 36.4 Å². The van der Waals surface area contributed by atoms with Gasteiger partial charge in [0.1, 0.15) is 34.1 Å². The fourth-order valence-corrected chi connectivity index (χ4v) is 4.97. The number of furan rings is 2. The Kier molecular flexibility index (Phi) is 3.67. The lowest BCUT2D eigenvalue weighted by atomic mass is 10.1. The van der Waals surface area contributed by atoms with Gasteiger partial charge in [0.05, 0.1) is 58.9 Å². The van der Waals surface area contributed by atoms with Gasteiger partial charge >= 0.3 is 0 Å². The molecular weight excluding hydrogens is 452 g/mol. The molecule has 0 fully saturated rings. The first kappa shape index (κ1) is 19.5. The largest absolute Gasteiger partial charge is 0.457 e. The fourth-order valence-electron chi connectivity index (χ4n) is 4.97. The highest BCUT2D eigenvalue weighted by molar-refractivity contribution is 6.13. The van der Waals surface area contributed by atoms with Crippen LogP contribution < -0.4 is 0 Å². The molecule has 0 unspecified atom stereocenters. The summed E-state index contributed by atoms with van der Waals surface area (Å²) in [6.45, 7) is 15.2. The minimum Gasteiger partial charge on any atom is -0.457 e. The first-order valence-corrected chi connectivity index (χ1v) is 10.7. The van der Waals surface area contributed by atoms with Crippen LogP contribution in [0.1, 0.15) is 22.9 Å². The van der Waals surface area contributed by atoms with E-state index in [4.69, 9.17) is 31.9 Å². The summed E-state index contributed by atoms with van der Waals surface area (Å²) in [7, 11) is 0. The van der Waals surface area contributed by atoms with Crippen LogP contribution in [0.5, 0.6) is 0 Å². The summed E-state index contributed by atoms with van der Waals surface area (Å²) < 4.78 is 12.2. The van der Waals surface area contributed by atoms with Crippen LogP contribution in [0.15, 0.2) is 68.8 Å². The standard InChI is InChI=1S/C28H8N6O2/c1-31-15(11-29)21-25-23(19-13-7-3-5-9-17(13)35-27(19)21)34-26-22(16(12-30)32-2)28-20(24(26)33-25)14-8-4-6-10-18(14)36-28/h3-10H/b21-15-,22-16+. The molecule has 8 heteroatoms. The molecule has 2 aliphatic carbocycles. The average Bonchev–Trinajstić information content (AvgIpc) is 3.62. The minimum atomic E-state index is -0.159. The molecule has 0 saturated heterocycles. The summed E-state index contributed by atoms with van der Waals surface area (Å²) in [5.74, 6) is 0.715. The molecule has 0 atom stereocenters. The van der Waals surface area contributed by atoms with Crippen LogP contribution >= 0.6 is 0 Å². The van der Waals surface area contributed by atoms with E-state index in [1.54, 1.807) is 12.1 Å². The summed E-state index contributed by atoms with van der Waals surface area (Å²) in [5, 5.41) is 21.0. The molecule has 0 amide bonds. The second-order valence-electron chi connectivity index (χ2n) is 8.12. The monoisotopic (exact) mass is 460 g/mol. The number of fused-ring (bicyclic) bond motifs is 10. The molecule has 162 valence electrons. The molecule has 36 heavy (non-hydrogen) atoms. The van der Waals surface area contributed by atoms with Crippen LogP contribution in [0, 0.1) is 35.8 Å². The number of allylic oxidation sites excluding steroid dienone is 2. The van der Waals surface area contributed by atoms with Gasteiger partial charge in [0.25, 0.3) is 11.4 Å². The van der Waals surface area contributed by atoms with Crippen molar-refractivity contribution in [1.29, 1.82) is 10.5 Å². The van der Waals surface area contributed by atoms with E-state index < -0.39 is 0 Å². The number of rotatable bonds is 0. The van der Waals surface area contributed by atoms with E-state index >= 15 is 0 Å². The molecule has 3 aromatic heterocycles. The third-order valence-electron chi connectivity index (χ3n) is 6.40. The molecule has 8 nitrogen and oxygen atoms in total. The normalized spacial score (nSPS) is 15.2. The smallest absolute Gasteiger partial charge is 0.274 e. The zero-order chi connectivity index (χ0) is 24.6. The molecule has 0 radical (unpaired) electrons. The van der Waals surface area contributed by atoms with Gasteiger partial charge in [-0.15, -0.1) is 0 Å². The highest BCUT2D eigenvalue weighted by atomic mass is 16.3. The number of hydrogen-bond acceptors (Lipinski definition) is 6. The third kappa shape index (κ3) is 2.22. The highest BCUT2D eigenvalue weighted by Crippen LogP contribution is 2.54. The molecule has 0 aliphatic heterocycles. The molecule has 5 aromatic rings. The Morgan fingerprint density at radius 1 is 0.667 bits per heavy atom. The van der Waals surface area contributed by atoms with Crippen LogP contribution in [-0.2, 0) is 0 Å². The fraction of sp³-hybridized carbons (Fsp3) is 0. The number of aromatic nitrogens is 2. The summed E-state index contributed by atoms with van der Waals surface area (Å²) in [5.41, 5.74) is 4.20. The van der Waals surface area contributed by atoms with E-state index in [-0.39, 0.29) is 22.5 Å². The molecule has 2 aliphatic rings. The predicted molar refractivity (Wildman–Crippen MR) is 129 cm³/mol. The topological polar surface area (TPSA) is 108 Å². The van der Waals surface area contributed by atoms with E-state index in [0.29, 0.717) is 56.6 Å². The van der Waals surface area contributed by atoms with Gasteiger partial charge in [-0.05, 0) is 12.1 Å². The van der Waals surface area contributed by atoms with E-state index in [1.807, 2.05) is 48.5 Å². The second-order valence-corrected chi connectivity index (χ2v) is 8.12. The number of hydrogen-bond donors (Lipinski definition) is 0. The highest BCUT2D eigenvalue weighted by Gasteiger charge is 2.41. The SMILES string of the molecule is [C-]#[N+]/C(C#N)=C1/c2nc3c(nc2-c2c1oc1ccccc21)/C(=C(/C#N)[N+]#[C-])c1oc2ccccc2c1-3. The maximum absolute atomic E-state index is 9.75. The van der Waals surface area contributed by atoms with Crippen LogP contribution in [-0.4, -0.2) is 9.97 Å². The molecule has 0 spiro atoms. The van der Waals surface area contributed by atoms with Crippen LogP contribution in [0.2, 0.25) is 0 Å². The van der Waals surface area contributed by atoms with Crippen molar-refractivity contribution in [2.75, 3.05) is 0 Å². The van der Waals surface area contributed by atoms with Crippen LogP contribution in [0.3, 0.4) is 0 Å². The van der Waals surface area contributed by atoms with Gasteiger partial charge in [0.15, 0.2) is 0 Å². The van der Waals surface area contributed by atoms with Gasteiger partial charge in [-0.3, -0.25) is 0 Å². The van der Waals surface area contributed by atoms with E-state index in [2.05, 4.69) is 9.69 Å². The number of nitriles is 2. The number of nitrogens with zero attached hydrogens (tertiary/aromatic N) is 6. The molecule has 2 aromatic carbocycles. The Hall–Kier alpha value is -5.96. The summed E-state index contributed by atoms with van der Waals surface area (Å²) in [6, 6.07) is 18.7. The Labute approximate surface area is 202 Å². The van der Waals surface area contributed by atoms with Crippen LogP contribution in [0.25, 0.3) is 65.3 Å². The third-order valence-corrected chi connectivity index (χ3v) is 6.40. The second kappa shape index (κ2) is 6.78. The van der Waals surface area contributed by atoms with Crippen molar-refractivity contribution in [3.8, 4) is 34.7 Å². The summed E-state index contributed by atoms with van der Waals surface area (Å²) in [4.78, 5) is 16.7. The predicted octanol–water partition coefficient (Wildman–Crippen LogP) is 6.33. The summed E-state index contributed by atoms with van der Waals surface area (Å²) in [6.07, 6.45) is 0. The lowest BCUT2D eigenvalue weighted by Gasteiger charge is -2.07. The molecule has 0 N–H and O–H groups in total.